The second kappa shape index (κ2) is 6.94. The summed E-state index contributed by atoms with van der Waals surface area (Å²) in [6.45, 7) is 1.34. The molecule has 2 heterocycles. The van der Waals surface area contributed by atoms with Gasteiger partial charge >= 0.3 is 0 Å². The van der Waals surface area contributed by atoms with Crippen molar-refractivity contribution in [3.05, 3.63) is 47.0 Å². The Morgan fingerprint density at radius 1 is 1.00 bits per heavy atom. The molecular weight excluding hydrogens is 330 g/mol. The predicted octanol–water partition coefficient (Wildman–Crippen LogP) is 2.61. The SMILES string of the molecule is COc1cc2c(cc1OC)CCN(C(=O)c1cnc(C3CC3)nc1)CC2. The molecular formula is C20H23N3O3. The summed E-state index contributed by atoms with van der Waals surface area (Å²) in [5.74, 6) is 2.82. The summed E-state index contributed by atoms with van der Waals surface area (Å²) in [5, 5.41) is 0. The van der Waals surface area contributed by atoms with Gasteiger partial charge in [-0.1, -0.05) is 0 Å². The molecule has 0 atom stereocenters. The van der Waals surface area contributed by atoms with Gasteiger partial charge in [0, 0.05) is 31.4 Å². The topological polar surface area (TPSA) is 64.6 Å². The number of hydrogen-bond donors (Lipinski definition) is 0. The fraction of sp³-hybridized carbons (Fsp3) is 0.450. The van der Waals surface area contributed by atoms with Gasteiger partial charge in [-0.25, -0.2) is 9.97 Å². The minimum atomic E-state index is -0.000849. The van der Waals surface area contributed by atoms with Crippen LogP contribution in [0.3, 0.4) is 0 Å². The van der Waals surface area contributed by atoms with Crippen molar-refractivity contribution in [2.75, 3.05) is 27.3 Å². The number of benzene rings is 1. The Morgan fingerprint density at radius 2 is 1.54 bits per heavy atom. The first-order chi connectivity index (χ1) is 12.7. The van der Waals surface area contributed by atoms with E-state index in [2.05, 4.69) is 9.97 Å². The molecule has 0 radical (unpaired) electrons. The van der Waals surface area contributed by atoms with E-state index < -0.39 is 0 Å². The Kier molecular flexibility index (Phi) is 4.49. The van der Waals surface area contributed by atoms with Crippen molar-refractivity contribution < 1.29 is 14.3 Å². The molecule has 1 saturated carbocycles. The second-order valence-corrected chi connectivity index (χ2v) is 6.87. The first-order valence-electron chi connectivity index (χ1n) is 9.04. The van der Waals surface area contributed by atoms with Gasteiger partial charge in [0.05, 0.1) is 19.8 Å². The molecule has 0 spiro atoms. The lowest BCUT2D eigenvalue weighted by atomic mass is 10.0. The molecule has 4 rings (SSSR count). The number of ether oxygens (including phenoxy) is 2. The van der Waals surface area contributed by atoms with Gasteiger partial charge in [0.15, 0.2) is 11.5 Å². The van der Waals surface area contributed by atoms with Crippen molar-refractivity contribution in [1.29, 1.82) is 0 Å². The first-order valence-corrected chi connectivity index (χ1v) is 9.04. The van der Waals surface area contributed by atoms with Crippen molar-refractivity contribution in [2.24, 2.45) is 0 Å². The normalized spacial score (nSPS) is 16.6. The zero-order chi connectivity index (χ0) is 18.1. The van der Waals surface area contributed by atoms with Crippen LogP contribution in [-0.2, 0) is 12.8 Å². The molecule has 0 saturated heterocycles. The largest absolute Gasteiger partial charge is 0.493 e. The number of amides is 1. The van der Waals surface area contributed by atoms with Crippen molar-refractivity contribution in [1.82, 2.24) is 14.9 Å². The van der Waals surface area contributed by atoms with Crippen LogP contribution in [0.4, 0.5) is 0 Å². The highest BCUT2D eigenvalue weighted by Gasteiger charge is 2.27. The zero-order valence-electron chi connectivity index (χ0n) is 15.2. The van der Waals surface area contributed by atoms with Crippen LogP contribution in [0.15, 0.2) is 24.5 Å². The number of carbonyl (C=O) groups is 1. The van der Waals surface area contributed by atoms with Crippen LogP contribution in [0.5, 0.6) is 11.5 Å². The molecule has 1 aliphatic carbocycles. The molecule has 2 aliphatic rings. The summed E-state index contributed by atoms with van der Waals surface area (Å²) in [6.07, 6.45) is 7.25. The van der Waals surface area contributed by atoms with E-state index in [4.69, 9.17) is 9.47 Å². The number of fused-ring (bicyclic) bond motifs is 1. The number of rotatable bonds is 4. The van der Waals surface area contributed by atoms with Crippen LogP contribution < -0.4 is 9.47 Å². The Bertz CT molecular complexity index is 781. The third kappa shape index (κ3) is 3.23. The van der Waals surface area contributed by atoms with Gasteiger partial charge in [0.2, 0.25) is 0 Å². The molecule has 26 heavy (non-hydrogen) atoms. The smallest absolute Gasteiger partial charge is 0.257 e. The summed E-state index contributed by atoms with van der Waals surface area (Å²) in [6, 6.07) is 4.05. The standard InChI is InChI=1S/C20H23N3O3/c1-25-17-9-14-5-7-23(8-6-15(14)10-18(17)26-2)20(24)16-11-21-19(22-12-16)13-3-4-13/h9-13H,3-8H2,1-2H3. The van der Waals surface area contributed by atoms with E-state index in [0.717, 1.165) is 43.0 Å². The Hall–Kier alpha value is -2.63. The Morgan fingerprint density at radius 3 is 2.00 bits per heavy atom. The van der Waals surface area contributed by atoms with Crippen molar-refractivity contribution in [3.63, 3.8) is 0 Å². The Balaban J connectivity index is 1.50. The van der Waals surface area contributed by atoms with E-state index in [9.17, 15) is 4.79 Å². The van der Waals surface area contributed by atoms with E-state index in [1.165, 1.54) is 11.1 Å². The lowest BCUT2D eigenvalue weighted by Crippen LogP contribution is -2.33. The lowest BCUT2D eigenvalue weighted by Gasteiger charge is -2.20. The van der Waals surface area contributed by atoms with Crippen LogP contribution in [0.25, 0.3) is 0 Å². The van der Waals surface area contributed by atoms with Crippen LogP contribution >= 0.6 is 0 Å². The second-order valence-electron chi connectivity index (χ2n) is 6.87. The highest BCUT2D eigenvalue weighted by Crippen LogP contribution is 2.37. The van der Waals surface area contributed by atoms with E-state index in [-0.39, 0.29) is 5.91 Å². The third-order valence-corrected chi connectivity index (χ3v) is 5.16. The van der Waals surface area contributed by atoms with Crippen molar-refractivity contribution in [3.8, 4) is 11.5 Å². The highest BCUT2D eigenvalue weighted by molar-refractivity contribution is 5.93. The molecule has 1 amide bonds. The summed E-state index contributed by atoms with van der Waals surface area (Å²) >= 11 is 0. The number of methoxy groups -OCH3 is 2. The van der Waals surface area contributed by atoms with Gasteiger partial charge in [-0.2, -0.15) is 0 Å². The molecule has 1 aliphatic heterocycles. The summed E-state index contributed by atoms with van der Waals surface area (Å²) in [7, 11) is 3.28. The molecule has 0 bridgehead atoms. The molecule has 6 nitrogen and oxygen atoms in total. The van der Waals surface area contributed by atoms with Gasteiger partial charge in [0.25, 0.3) is 5.91 Å². The Labute approximate surface area is 153 Å². The fourth-order valence-corrected chi connectivity index (χ4v) is 3.44. The maximum atomic E-state index is 12.8. The molecule has 1 aromatic heterocycles. The predicted molar refractivity (Wildman–Crippen MR) is 96.9 cm³/mol. The molecule has 6 heteroatoms. The number of aromatic nitrogens is 2. The van der Waals surface area contributed by atoms with E-state index in [1.54, 1.807) is 26.6 Å². The van der Waals surface area contributed by atoms with Crippen LogP contribution in [-0.4, -0.2) is 48.1 Å². The highest BCUT2D eigenvalue weighted by atomic mass is 16.5. The van der Waals surface area contributed by atoms with E-state index in [1.807, 2.05) is 17.0 Å². The average Bonchev–Trinajstić information content (AvgIpc) is 3.53. The summed E-state index contributed by atoms with van der Waals surface area (Å²) in [5.41, 5.74) is 2.98. The summed E-state index contributed by atoms with van der Waals surface area (Å²) < 4.78 is 10.8. The maximum Gasteiger partial charge on any atom is 0.257 e. The molecule has 136 valence electrons. The van der Waals surface area contributed by atoms with Gasteiger partial charge < -0.3 is 14.4 Å². The number of hydrogen-bond acceptors (Lipinski definition) is 5. The first kappa shape index (κ1) is 16.8. The average molecular weight is 353 g/mol. The maximum absolute atomic E-state index is 12.8. The zero-order valence-corrected chi connectivity index (χ0v) is 15.2. The van der Waals surface area contributed by atoms with Gasteiger partial charge in [-0.3, -0.25) is 4.79 Å². The molecule has 0 unspecified atom stereocenters. The summed E-state index contributed by atoms with van der Waals surface area (Å²) in [4.78, 5) is 23.5. The van der Waals surface area contributed by atoms with Gasteiger partial charge in [-0.15, -0.1) is 0 Å². The van der Waals surface area contributed by atoms with Crippen molar-refractivity contribution >= 4 is 5.91 Å². The molecule has 1 fully saturated rings. The minimum Gasteiger partial charge on any atom is -0.493 e. The monoisotopic (exact) mass is 353 g/mol. The van der Waals surface area contributed by atoms with Gasteiger partial charge in [0.1, 0.15) is 5.82 Å². The molecule has 1 aromatic carbocycles. The lowest BCUT2D eigenvalue weighted by molar-refractivity contribution is 0.0762. The van der Waals surface area contributed by atoms with E-state index >= 15 is 0 Å². The number of nitrogens with zero attached hydrogens (tertiary/aromatic N) is 3. The quantitative estimate of drug-likeness (QED) is 0.845. The van der Waals surface area contributed by atoms with Crippen LogP contribution in [0, 0.1) is 0 Å². The van der Waals surface area contributed by atoms with Crippen LogP contribution in [0.2, 0.25) is 0 Å². The van der Waals surface area contributed by atoms with E-state index in [0.29, 0.717) is 24.6 Å². The third-order valence-electron chi connectivity index (χ3n) is 5.16. The molecule has 2 aromatic rings. The van der Waals surface area contributed by atoms with Crippen LogP contribution in [0.1, 0.15) is 46.1 Å². The molecule has 0 N–H and O–H groups in total. The number of carbonyl (C=O) groups excluding carboxylic acids is 1. The van der Waals surface area contributed by atoms with Gasteiger partial charge in [-0.05, 0) is 48.9 Å². The van der Waals surface area contributed by atoms with Crippen molar-refractivity contribution in [2.45, 2.75) is 31.6 Å². The fourth-order valence-electron chi connectivity index (χ4n) is 3.44. The minimum absolute atomic E-state index is 0.000849.